The molecule has 1 aliphatic carbocycles. The summed E-state index contributed by atoms with van der Waals surface area (Å²) >= 11 is 11.5. The molecule has 1 amide bonds. The van der Waals surface area contributed by atoms with E-state index in [0.29, 0.717) is 45.1 Å². The molecule has 0 bridgehead atoms. The van der Waals surface area contributed by atoms with Crippen molar-refractivity contribution in [3.05, 3.63) is 28.8 Å². The minimum atomic E-state index is -0.333. The van der Waals surface area contributed by atoms with E-state index in [0.717, 1.165) is 6.42 Å². The summed E-state index contributed by atoms with van der Waals surface area (Å²) in [7, 11) is 3.05. The van der Waals surface area contributed by atoms with Gasteiger partial charge in [-0.1, -0.05) is 38.3 Å². The average Bonchev–Trinajstić information content (AvgIpc) is 2.67. The van der Waals surface area contributed by atoms with Crippen LogP contribution in [0.25, 0.3) is 6.08 Å². The number of methoxy groups -OCH3 is 2. The Bertz CT molecular complexity index is 742. The van der Waals surface area contributed by atoms with Gasteiger partial charge < -0.3 is 14.8 Å². The van der Waals surface area contributed by atoms with Crippen LogP contribution in [0.2, 0.25) is 5.02 Å². The molecule has 6 nitrogen and oxygen atoms in total. The van der Waals surface area contributed by atoms with E-state index in [1.165, 1.54) is 33.1 Å². The van der Waals surface area contributed by atoms with Gasteiger partial charge in [0.2, 0.25) is 0 Å². The first-order chi connectivity index (χ1) is 13.3. The van der Waals surface area contributed by atoms with E-state index in [9.17, 15) is 4.79 Å². The van der Waals surface area contributed by atoms with Gasteiger partial charge in [0.25, 0.3) is 5.91 Å². The molecule has 2 rings (SSSR count). The van der Waals surface area contributed by atoms with Gasteiger partial charge in [-0.15, -0.1) is 0 Å². The lowest BCUT2D eigenvalue weighted by molar-refractivity contribution is -0.116. The Hall–Kier alpha value is -1.99. The molecular formula is C20H28ClN3O3S. The van der Waals surface area contributed by atoms with Crippen LogP contribution in [0.3, 0.4) is 0 Å². The number of benzene rings is 1. The van der Waals surface area contributed by atoms with E-state index >= 15 is 0 Å². The van der Waals surface area contributed by atoms with Crippen molar-refractivity contribution in [1.82, 2.24) is 16.2 Å². The number of hydrogen-bond donors (Lipinski definition) is 3. The minimum absolute atomic E-state index is 0.324. The molecule has 0 aromatic heterocycles. The maximum absolute atomic E-state index is 12.1. The summed E-state index contributed by atoms with van der Waals surface area (Å²) in [5.41, 5.74) is 6.03. The second-order valence-corrected chi connectivity index (χ2v) is 7.85. The number of carbonyl (C=O) groups is 1. The molecular weight excluding hydrogens is 398 g/mol. The highest BCUT2D eigenvalue weighted by Gasteiger charge is 2.27. The SMILES string of the molecule is COc1cc(/C=C/C(=O)NNC(=S)N[C@@H]2CCC[C@H](C)[C@H]2C)cc(Cl)c1OC. The number of thiocarbonyl (C=S) groups is 1. The molecule has 1 fully saturated rings. The molecule has 1 saturated carbocycles. The van der Waals surface area contributed by atoms with Crippen LogP contribution >= 0.6 is 23.8 Å². The van der Waals surface area contributed by atoms with Crippen molar-refractivity contribution in [2.75, 3.05) is 14.2 Å². The number of rotatable bonds is 5. The highest BCUT2D eigenvalue weighted by Crippen LogP contribution is 2.36. The van der Waals surface area contributed by atoms with Crippen LogP contribution in [-0.2, 0) is 4.79 Å². The lowest BCUT2D eigenvalue weighted by Crippen LogP contribution is -2.52. The Kier molecular flexibility index (Phi) is 8.38. The van der Waals surface area contributed by atoms with Crippen LogP contribution in [0, 0.1) is 11.8 Å². The third-order valence-corrected chi connectivity index (χ3v) is 5.71. The van der Waals surface area contributed by atoms with Gasteiger partial charge in [0, 0.05) is 12.1 Å². The summed E-state index contributed by atoms with van der Waals surface area (Å²) in [6, 6.07) is 3.75. The lowest BCUT2D eigenvalue weighted by atomic mass is 9.78. The maximum Gasteiger partial charge on any atom is 0.262 e. The second-order valence-electron chi connectivity index (χ2n) is 7.03. The largest absolute Gasteiger partial charge is 0.493 e. The normalized spacial score (nSPS) is 21.8. The van der Waals surface area contributed by atoms with E-state index in [-0.39, 0.29) is 5.91 Å². The first-order valence-corrected chi connectivity index (χ1v) is 10.1. The number of halogens is 1. The first-order valence-electron chi connectivity index (χ1n) is 9.31. The molecule has 1 aromatic carbocycles. The second kappa shape index (κ2) is 10.5. The predicted octanol–water partition coefficient (Wildman–Crippen LogP) is 3.69. The third kappa shape index (κ3) is 6.01. The molecule has 1 aliphatic rings. The van der Waals surface area contributed by atoms with Crippen LogP contribution in [0.15, 0.2) is 18.2 Å². The fraction of sp³-hybridized carbons (Fsp3) is 0.500. The Morgan fingerprint density at radius 1 is 1.21 bits per heavy atom. The van der Waals surface area contributed by atoms with Gasteiger partial charge in [-0.3, -0.25) is 15.6 Å². The van der Waals surface area contributed by atoms with E-state index < -0.39 is 0 Å². The minimum Gasteiger partial charge on any atom is -0.493 e. The Morgan fingerprint density at radius 2 is 1.96 bits per heavy atom. The van der Waals surface area contributed by atoms with Crippen LogP contribution in [0.1, 0.15) is 38.7 Å². The zero-order valence-corrected chi connectivity index (χ0v) is 18.2. The Balaban J connectivity index is 1.86. The molecule has 3 N–H and O–H groups in total. The maximum atomic E-state index is 12.1. The van der Waals surface area contributed by atoms with Crippen molar-refractivity contribution in [3.8, 4) is 11.5 Å². The number of carbonyl (C=O) groups excluding carboxylic acids is 1. The van der Waals surface area contributed by atoms with E-state index in [2.05, 4.69) is 30.0 Å². The number of ether oxygens (including phenoxy) is 2. The van der Waals surface area contributed by atoms with Crippen LogP contribution in [0.4, 0.5) is 0 Å². The average molecular weight is 426 g/mol. The van der Waals surface area contributed by atoms with Gasteiger partial charge in [-0.2, -0.15) is 0 Å². The molecule has 0 heterocycles. The number of hydrogen-bond acceptors (Lipinski definition) is 4. The smallest absolute Gasteiger partial charge is 0.262 e. The summed E-state index contributed by atoms with van der Waals surface area (Å²) in [5, 5.41) is 4.12. The molecule has 0 aliphatic heterocycles. The highest BCUT2D eigenvalue weighted by atomic mass is 35.5. The summed E-state index contributed by atoms with van der Waals surface area (Å²) in [4.78, 5) is 12.1. The molecule has 3 atom stereocenters. The van der Waals surface area contributed by atoms with E-state index in [4.69, 9.17) is 33.3 Å². The van der Waals surface area contributed by atoms with Crippen molar-refractivity contribution in [1.29, 1.82) is 0 Å². The Labute approximate surface area is 177 Å². The molecule has 8 heteroatoms. The predicted molar refractivity (Wildman–Crippen MR) is 117 cm³/mol. The number of nitrogens with one attached hydrogen (secondary N) is 3. The van der Waals surface area contributed by atoms with Gasteiger partial charge in [-0.25, -0.2) is 0 Å². The summed E-state index contributed by atoms with van der Waals surface area (Å²) in [6.45, 7) is 4.50. The summed E-state index contributed by atoms with van der Waals surface area (Å²) in [5.74, 6) is 1.82. The monoisotopic (exact) mass is 425 g/mol. The molecule has 28 heavy (non-hydrogen) atoms. The van der Waals surface area contributed by atoms with Gasteiger partial charge in [0.1, 0.15) is 0 Å². The lowest BCUT2D eigenvalue weighted by Gasteiger charge is -2.35. The third-order valence-electron chi connectivity index (χ3n) is 5.21. The fourth-order valence-electron chi connectivity index (χ4n) is 3.36. The highest BCUT2D eigenvalue weighted by molar-refractivity contribution is 7.80. The Morgan fingerprint density at radius 3 is 2.64 bits per heavy atom. The molecule has 1 aromatic rings. The molecule has 0 radical (unpaired) electrons. The van der Waals surface area contributed by atoms with Gasteiger partial charge in [-0.05, 0) is 54.2 Å². The van der Waals surface area contributed by atoms with Gasteiger partial charge in [0.05, 0.1) is 19.2 Å². The van der Waals surface area contributed by atoms with Crippen LogP contribution in [0.5, 0.6) is 11.5 Å². The zero-order valence-electron chi connectivity index (χ0n) is 16.7. The van der Waals surface area contributed by atoms with Gasteiger partial charge >= 0.3 is 0 Å². The molecule has 0 saturated heterocycles. The molecule has 0 unspecified atom stereocenters. The zero-order chi connectivity index (χ0) is 20.7. The van der Waals surface area contributed by atoms with Gasteiger partial charge in [0.15, 0.2) is 16.6 Å². The standard InChI is InChI=1S/C20H28ClN3O3S/c1-12-6-5-7-16(13(12)2)22-20(28)24-23-18(25)9-8-14-10-15(21)19(27-4)17(11-14)26-3/h8-13,16H,5-7H2,1-4H3,(H,23,25)(H2,22,24,28)/b9-8+/t12-,13+,16+/m0/s1. The summed E-state index contributed by atoms with van der Waals surface area (Å²) in [6.07, 6.45) is 6.54. The van der Waals surface area contributed by atoms with Crippen molar-refractivity contribution >= 4 is 40.9 Å². The molecule has 154 valence electrons. The van der Waals surface area contributed by atoms with Crippen molar-refractivity contribution in [2.24, 2.45) is 11.8 Å². The molecule has 0 spiro atoms. The summed E-state index contributed by atoms with van der Waals surface area (Å²) < 4.78 is 10.4. The number of amides is 1. The van der Waals surface area contributed by atoms with Crippen molar-refractivity contribution in [3.63, 3.8) is 0 Å². The van der Waals surface area contributed by atoms with Crippen LogP contribution in [-0.4, -0.2) is 31.3 Å². The van der Waals surface area contributed by atoms with Crippen molar-refractivity contribution in [2.45, 2.75) is 39.2 Å². The first kappa shape index (κ1) is 22.3. The fourth-order valence-corrected chi connectivity index (χ4v) is 3.85. The van der Waals surface area contributed by atoms with Crippen LogP contribution < -0.4 is 25.6 Å². The number of hydrazine groups is 1. The van der Waals surface area contributed by atoms with Crippen molar-refractivity contribution < 1.29 is 14.3 Å². The topological polar surface area (TPSA) is 71.6 Å². The van der Waals surface area contributed by atoms with E-state index in [1.54, 1.807) is 18.2 Å². The van der Waals surface area contributed by atoms with E-state index in [1.807, 2.05) is 0 Å². The quantitative estimate of drug-likeness (QED) is 0.379.